The van der Waals surface area contributed by atoms with Crippen LogP contribution in [0.4, 0.5) is 11.4 Å². The van der Waals surface area contributed by atoms with Crippen molar-refractivity contribution in [3.63, 3.8) is 0 Å². The Hall–Kier alpha value is -3.07. The number of hydrogen-bond donors (Lipinski definition) is 1. The molecule has 0 aromatic heterocycles. The summed E-state index contributed by atoms with van der Waals surface area (Å²) in [6.07, 6.45) is 0. The van der Waals surface area contributed by atoms with Crippen molar-refractivity contribution in [1.82, 2.24) is 0 Å². The molecule has 0 aliphatic heterocycles. The summed E-state index contributed by atoms with van der Waals surface area (Å²) in [5.41, 5.74) is 0.892. The number of nitrogens with zero attached hydrogens (tertiary/aromatic N) is 2. The van der Waals surface area contributed by atoms with Crippen molar-refractivity contribution in [2.24, 2.45) is 0 Å². The van der Waals surface area contributed by atoms with Gasteiger partial charge >= 0.3 is 5.69 Å². The SMILES string of the molecule is CNc1ccc(Oc2ccc(C#N)cc2[N+](=O)[O-])cc1. The minimum Gasteiger partial charge on any atom is -0.450 e. The highest BCUT2D eigenvalue weighted by atomic mass is 16.6. The molecule has 0 amide bonds. The Morgan fingerprint density at radius 1 is 1.25 bits per heavy atom. The first-order valence-electron chi connectivity index (χ1n) is 5.78. The normalized spacial score (nSPS) is 9.60. The van der Waals surface area contributed by atoms with Crippen LogP contribution in [-0.2, 0) is 0 Å². The second kappa shape index (κ2) is 5.71. The van der Waals surface area contributed by atoms with Crippen LogP contribution in [0.1, 0.15) is 5.56 Å². The molecule has 0 atom stereocenters. The first-order valence-corrected chi connectivity index (χ1v) is 5.78. The zero-order valence-corrected chi connectivity index (χ0v) is 10.7. The molecule has 0 unspecified atom stereocenters. The molecule has 20 heavy (non-hydrogen) atoms. The van der Waals surface area contributed by atoms with Gasteiger partial charge in [-0.1, -0.05) is 0 Å². The summed E-state index contributed by atoms with van der Waals surface area (Å²) < 4.78 is 5.49. The Kier molecular flexibility index (Phi) is 3.82. The smallest absolute Gasteiger partial charge is 0.312 e. The van der Waals surface area contributed by atoms with E-state index in [1.807, 2.05) is 6.07 Å². The predicted molar refractivity (Wildman–Crippen MR) is 73.9 cm³/mol. The number of anilines is 1. The Morgan fingerprint density at radius 3 is 2.50 bits per heavy atom. The van der Waals surface area contributed by atoms with Gasteiger partial charge in [-0.15, -0.1) is 0 Å². The minimum atomic E-state index is -0.571. The first-order chi connectivity index (χ1) is 9.63. The number of rotatable bonds is 4. The second-order valence-corrected chi connectivity index (χ2v) is 3.93. The summed E-state index contributed by atoms with van der Waals surface area (Å²) in [5.74, 6) is 0.586. The second-order valence-electron chi connectivity index (χ2n) is 3.93. The fourth-order valence-corrected chi connectivity index (χ4v) is 1.63. The van der Waals surface area contributed by atoms with Crippen LogP contribution in [-0.4, -0.2) is 12.0 Å². The number of hydrogen-bond acceptors (Lipinski definition) is 5. The lowest BCUT2D eigenvalue weighted by atomic mass is 10.2. The molecule has 6 heteroatoms. The standard InChI is InChI=1S/C14H11N3O3/c1-16-11-3-5-12(6-4-11)20-14-7-2-10(9-15)8-13(14)17(18)19/h2-8,16H,1H3. The van der Waals surface area contributed by atoms with Crippen LogP contribution < -0.4 is 10.1 Å². The van der Waals surface area contributed by atoms with E-state index < -0.39 is 4.92 Å². The third-order valence-corrected chi connectivity index (χ3v) is 2.66. The summed E-state index contributed by atoms with van der Waals surface area (Å²) in [5, 5.41) is 22.7. The van der Waals surface area contributed by atoms with Gasteiger partial charge in [0.15, 0.2) is 0 Å². The van der Waals surface area contributed by atoms with Gasteiger partial charge in [-0.25, -0.2) is 0 Å². The Labute approximate surface area is 115 Å². The molecule has 2 rings (SSSR count). The van der Waals surface area contributed by atoms with Gasteiger partial charge in [0.25, 0.3) is 0 Å². The van der Waals surface area contributed by atoms with Gasteiger partial charge in [-0.2, -0.15) is 5.26 Å². The largest absolute Gasteiger partial charge is 0.450 e. The topological polar surface area (TPSA) is 88.2 Å². The zero-order valence-electron chi connectivity index (χ0n) is 10.7. The maximum absolute atomic E-state index is 11.0. The maximum Gasteiger partial charge on any atom is 0.312 e. The number of benzene rings is 2. The van der Waals surface area contributed by atoms with E-state index in [4.69, 9.17) is 10.00 Å². The average Bonchev–Trinajstić information content (AvgIpc) is 2.48. The van der Waals surface area contributed by atoms with Gasteiger partial charge in [-0.3, -0.25) is 10.1 Å². The summed E-state index contributed by atoms with van der Waals surface area (Å²) >= 11 is 0. The average molecular weight is 269 g/mol. The van der Waals surface area contributed by atoms with E-state index in [1.54, 1.807) is 31.3 Å². The fraction of sp³-hybridized carbons (Fsp3) is 0.0714. The van der Waals surface area contributed by atoms with Crippen LogP contribution in [0.2, 0.25) is 0 Å². The van der Waals surface area contributed by atoms with Crippen molar-refractivity contribution in [2.75, 3.05) is 12.4 Å². The number of nitro groups is 1. The van der Waals surface area contributed by atoms with Crippen LogP contribution in [0.3, 0.4) is 0 Å². The predicted octanol–water partition coefficient (Wildman–Crippen LogP) is 3.30. The molecule has 0 spiro atoms. The monoisotopic (exact) mass is 269 g/mol. The Balaban J connectivity index is 2.32. The van der Waals surface area contributed by atoms with Crippen LogP contribution in [0.15, 0.2) is 42.5 Å². The lowest BCUT2D eigenvalue weighted by molar-refractivity contribution is -0.385. The molecular formula is C14H11N3O3. The highest BCUT2D eigenvalue weighted by Gasteiger charge is 2.16. The van der Waals surface area contributed by atoms with Gasteiger partial charge in [0.05, 0.1) is 16.6 Å². The molecular weight excluding hydrogens is 258 g/mol. The third kappa shape index (κ3) is 2.84. The first kappa shape index (κ1) is 13.4. The Morgan fingerprint density at radius 2 is 1.95 bits per heavy atom. The minimum absolute atomic E-state index is 0.103. The molecule has 0 aliphatic carbocycles. The summed E-state index contributed by atoms with van der Waals surface area (Å²) in [4.78, 5) is 10.4. The van der Waals surface area contributed by atoms with E-state index in [-0.39, 0.29) is 17.0 Å². The highest BCUT2D eigenvalue weighted by molar-refractivity contribution is 5.54. The van der Waals surface area contributed by atoms with Gasteiger partial charge < -0.3 is 10.1 Å². The molecule has 6 nitrogen and oxygen atoms in total. The van der Waals surface area contributed by atoms with Crippen molar-refractivity contribution in [3.05, 3.63) is 58.1 Å². The Bertz CT molecular complexity index is 675. The van der Waals surface area contributed by atoms with Gasteiger partial charge in [-0.05, 0) is 36.4 Å². The van der Waals surface area contributed by atoms with Crippen molar-refractivity contribution < 1.29 is 9.66 Å². The third-order valence-electron chi connectivity index (χ3n) is 2.66. The molecule has 0 fully saturated rings. The van der Waals surface area contributed by atoms with Crippen LogP contribution >= 0.6 is 0 Å². The summed E-state index contributed by atoms with van der Waals surface area (Å²) in [6.45, 7) is 0. The van der Waals surface area contributed by atoms with E-state index in [0.717, 1.165) is 5.69 Å². The lowest BCUT2D eigenvalue weighted by Crippen LogP contribution is -1.94. The van der Waals surface area contributed by atoms with E-state index in [0.29, 0.717) is 5.75 Å². The molecule has 0 bridgehead atoms. The van der Waals surface area contributed by atoms with Crippen LogP contribution in [0.25, 0.3) is 0 Å². The van der Waals surface area contributed by atoms with Crippen molar-refractivity contribution in [1.29, 1.82) is 5.26 Å². The van der Waals surface area contributed by atoms with Crippen LogP contribution in [0.5, 0.6) is 11.5 Å². The maximum atomic E-state index is 11.0. The molecule has 2 aromatic carbocycles. The van der Waals surface area contributed by atoms with Gasteiger partial charge in [0.2, 0.25) is 5.75 Å². The zero-order chi connectivity index (χ0) is 14.5. The molecule has 0 radical (unpaired) electrons. The quantitative estimate of drug-likeness (QED) is 0.679. The van der Waals surface area contributed by atoms with Gasteiger partial charge in [0.1, 0.15) is 5.75 Å². The number of nitro benzene ring substituents is 1. The molecule has 0 saturated carbocycles. The fourth-order valence-electron chi connectivity index (χ4n) is 1.63. The van der Waals surface area contributed by atoms with E-state index in [2.05, 4.69) is 5.32 Å². The molecule has 0 aliphatic rings. The molecule has 2 aromatic rings. The number of nitriles is 1. The van der Waals surface area contributed by atoms with Crippen molar-refractivity contribution in [3.8, 4) is 17.6 Å². The van der Waals surface area contributed by atoms with E-state index >= 15 is 0 Å². The van der Waals surface area contributed by atoms with E-state index in [9.17, 15) is 10.1 Å². The van der Waals surface area contributed by atoms with Crippen LogP contribution in [0, 0.1) is 21.4 Å². The van der Waals surface area contributed by atoms with E-state index in [1.165, 1.54) is 18.2 Å². The molecule has 1 N–H and O–H groups in total. The van der Waals surface area contributed by atoms with Crippen molar-refractivity contribution in [2.45, 2.75) is 0 Å². The summed E-state index contributed by atoms with van der Waals surface area (Å²) in [7, 11) is 1.79. The van der Waals surface area contributed by atoms with Crippen molar-refractivity contribution >= 4 is 11.4 Å². The number of nitrogens with one attached hydrogen (secondary N) is 1. The number of ether oxygens (including phenoxy) is 1. The highest BCUT2D eigenvalue weighted by Crippen LogP contribution is 2.32. The summed E-state index contributed by atoms with van der Waals surface area (Å²) in [6, 6.07) is 12.9. The molecule has 0 heterocycles. The molecule has 100 valence electrons. The lowest BCUT2D eigenvalue weighted by Gasteiger charge is -2.07. The van der Waals surface area contributed by atoms with Gasteiger partial charge in [0, 0.05) is 18.8 Å². The molecule has 0 saturated heterocycles.